The molecule has 1 saturated carbocycles. The minimum absolute atomic E-state index is 0.479. The van der Waals surface area contributed by atoms with E-state index in [2.05, 4.69) is 23.3 Å². The van der Waals surface area contributed by atoms with E-state index in [1.54, 1.807) is 6.20 Å². The molecule has 17 heavy (non-hydrogen) atoms. The summed E-state index contributed by atoms with van der Waals surface area (Å²) in [7, 11) is 0. The Morgan fingerprint density at radius 3 is 2.71 bits per heavy atom. The summed E-state index contributed by atoms with van der Waals surface area (Å²) in [5, 5.41) is 12.6. The number of hydrogen-bond donors (Lipinski definition) is 1. The first-order valence-corrected chi connectivity index (χ1v) is 6.33. The lowest BCUT2D eigenvalue weighted by molar-refractivity contribution is 0.361. The molecule has 1 aromatic rings. The quantitative estimate of drug-likeness (QED) is 0.846. The van der Waals surface area contributed by atoms with Gasteiger partial charge in [0.1, 0.15) is 11.9 Å². The molecule has 0 atom stereocenters. The molecule has 2 rings (SSSR count). The second kappa shape index (κ2) is 5.18. The molecule has 0 amide bonds. The smallest absolute Gasteiger partial charge is 0.144 e. The van der Waals surface area contributed by atoms with Crippen molar-refractivity contribution in [3.05, 3.63) is 23.4 Å². The summed E-state index contributed by atoms with van der Waals surface area (Å²) in [6.07, 6.45) is 6.67. The van der Waals surface area contributed by atoms with Gasteiger partial charge in [0.2, 0.25) is 0 Å². The maximum atomic E-state index is 9.14. The fraction of sp³-hybridized carbons (Fsp3) is 0.571. The second-order valence-electron chi connectivity index (χ2n) is 5.06. The van der Waals surface area contributed by atoms with E-state index < -0.39 is 0 Å². The summed E-state index contributed by atoms with van der Waals surface area (Å²) in [4.78, 5) is 4.29. The minimum atomic E-state index is 0.479. The predicted octanol–water partition coefficient (Wildman–Crippen LogP) is 3.25. The zero-order chi connectivity index (χ0) is 12.3. The van der Waals surface area contributed by atoms with E-state index in [4.69, 9.17) is 5.26 Å². The molecular formula is C14H19N3. The highest BCUT2D eigenvalue weighted by Gasteiger charge is 2.19. The highest BCUT2D eigenvalue weighted by molar-refractivity contribution is 5.55. The van der Waals surface area contributed by atoms with Gasteiger partial charge in [-0.15, -0.1) is 0 Å². The number of aromatic nitrogens is 1. The second-order valence-corrected chi connectivity index (χ2v) is 5.06. The number of nitrogens with zero attached hydrogens (tertiary/aromatic N) is 2. The summed E-state index contributed by atoms with van der Waals surface area (Å²) < 4.78 is 0. The number of pyridine rings is 1. The third-order valence-electron chi connectivity index (χ3n) is 3.63. The van der Waals surface area contributed by atoms with Crippen molar-refractivity contribution in [2.24, 2.45) is 5.92 Å². The van der Waals surface area contributed by atoms with Gasteiger partial charge in [-0.3, -0.25) is 0 Å². The number of aryl methyl sites for hydroxylation is 1. The van der Waals surface area contributed by atoms with Gasteiger partial charge in [0.05, 0.1) is 5.56 Å². The van der Waals surface area contributed by atoms with Crippen molar-refractivity contribution in [2.45, 2.75) is 45.6 Å². The Kier molecular flexibility index (Phi) is 3.63. The van der Waals surface area contributed by atoms with Gasteiger partial charge in [0, 0.05) is 12.2 Å². The topological polar surface area (TPSA) is 48.7 Å². The van der Waals surface area contributed by atoms with E-state index in [0.29, 0.717) is 11.6 Å². The van der Waals surface area contributed by atoms with Crippen LogP contribution in [-0.4, -0.2) is 11.0 Å². The molecule has 0 saturated heterocycles. The van der Waals surface area contributed by atoms with Crippen LogP contribution in [0.3, 0.4) is 0 Å². The molecule has 3 heteroatoms. The van der Waals surface area contributed by atoms with Gasteiger partial charge in [0.15, 0.2) is 0 Å². The maximum Gasteiger partial charge on any atom is 0.144 e. The van der Waals surface area contributed by atoms with E-state index in [1.807, 2.05) is 13.0 Å². The lowest BCUT2D eigenvalue weighted by Crippen LogP contribution is -2.26. The Morgan fingerprint density at radius 2 is 2.06 bits per heavy atom. The fourth-order valence-corrected chi connectivity index (χ4v) is 2.41. The van der Waals surface area contributed by atoms with E-state index in [9.17, 15) is 0 Å². The van der Waals surface area contributed by atoms with Gasteiger partial charge in [-0.1, -0.05) is 6.92 Å². The lowest BCUT2D eigenvalue weighted by Gasteiger charge is -2.27. The molecule has 1 heterocycles. The molecule has 0 aliphatic heterocycles. The largest absolute Gasteiger partial charge is 0.366 e. The average Bonchev–Trinajstić information content (AvgIpc) is 2.32. The average molecular weight is 229 g/mol. The molecule has 0 unspecified atom stereocenters. The van der Waals surface area contributed by atoms with Gasteiger partial charge in [0.25, 0.3) is 0 Å². The first-order valence-electron chi connectivity index (χ1n) is 6.33. The Hall–Kier alpha value is -1.56. The van der Waals surface area contributed by atoms with Crippen LogP contribution in [-0.2, 0) is 0 Å². The van der Waals surface area contributed by atoms with Crippen LogP contribution < -0.4 is 5.32 Å². The molecule has 0 bridgehead atoms. The molecule has 0 aromatic carbocycles. The molecule has 1 N–H and O–H groups in total. The van der Waals surface area contributed by atoms with Crippen molar-refractivity contribution < 1.29 is 0 Å². The maximum absolute atomic E-state index is 9.14. The summed E-state index contributed by atoms with van der Waals surface area (Å²) in [5.74, 6) is 1.60. The third-order valence-corrected chi connectivity index (χ3v) is 3.63. The van der Waals surface area contributed by atoms with Crippen LogP contribution in [0.25, 0.3) is 0 Å². The van der Waals surface area contributed by atoms with Crippen LogP contribution in [0.4, 0.5) is 5.82 Å². The van der Waals surface area contributed by atoms with Crippen LogP contribution in [0.1, 0.15) is 43.7 Å². The van der Waals surface area contributed by atoms with Crippen LogP contribution in [0.5, 0.6) is 0 Å². The SMILES string of the molecule is Cc1ccnc(NC2CCC(C)CC2)c1C#N. The van der Waals surface area contributed by atoms with E-state index in [0.717, 1.165) is 17.3 Å². The minimum Gasteiger partial charge on any atom is -0.366 e. The molecular weight excluding hydrogens is 210 g/mol. The fourth-order valence-electron chi connectivity index (χ4n) is 2.41. The number of anilines is 1. The van der Waals surface area contributed by atoms with Gasteiger partial charge >= 0.3 is 0 Å². The molecule has 1 aliphatic carbocycles. The number of nitrogens with one attached hydrogen (secondary N) is 1. The Bertz CT molecular complexity index is 426. The normalized spacial score (nSPS) is 24.1. The van der Waals surface area contributed by atoms with Gasteiger partial charge in [-0.05, 0) is 50.2 Å². The highest BCUT2D eigenvalue weighted by Crippen LogP contribution is 2.26. The van der Waals surface area contributed by atoms with Crippen LogP contribution in [0.15, 0.2) is 12.3 Å². The predicted molar refractivity (Wildman–Crippen MR) is 68.7 cm³/mol. The van der Waals surface area contributed by atoms with E-state index in [1.165, 1.54) is 25.7 Å². The van der Waals surface area contributed by atoms with Crippen molar-refractivity contribution >= 4 is 5.82 Å². The lowest BCUT2D eigenvalue weighted by atomic mass is 9.87. The molecule has 1 fully saturated rings. The van der Waals surface area contributed by atoms with E-state index >= 15 is 0 Å². The zero-order valence-corrected chi connectivity index (χ0v) is 10.5. The van der Waals surface area contributed by atoms with Crippen molar-refractivity contribution in [1.29, 1.82) is 5.26 Å². The summed E-state index contributed by atoms with van der Waals surface area (Å²) in [6, 6.07) is 4.60. The zero-order valence-electron chi connectivity index (χ0n) is 10.5. The first kappa shape index (κ1) is 11.9. The monoisotopic (exact) mass is 229 g/mol. The highest BCUT2D eigenvalue weighted by atomic mass is 15.0. The molecule has 1 aromatic heterocycles. The van der Waals surface area contributed by atoms with Crippen molar-refractivity contribution in [3.8, 4) is 6.07 Å². The Balaban J connectivity index is 2.09. The van der Waals surface area contributed by atoms with Gasteiger partial charge in [-0.2, -0.15) is 5.26 Å². The van der Waals surface area contributed by atoms with Crippen molar-refractivity contribution in [3.63, 3.8) is 0 Å². The first-order chi connectivity index (χ1) is 8.20. The van der Waals surface area contributed by atoms with Crippen molar-refractivity contribution in [1.82, 2.24) is 4.98 Å². The van der Waals surface area contributed by atoms with Gasteiger partial charge in [-0.25, -0.2) is 4.98 Å². The molecule has 0 spiro atoms. The molecule has 90 valence electrons. The summed E-state index contributed by atoms with van der Waals surface area (Å²) in [6.45, 7) is 4.26. The molecule has 0 radical (unpaired) electrons. The van der Waals surface area contributed by atoms with E-state index in [-0.39, 0.29) is 0 Å². The summed E-state index contributed by atoms with van der Waals surface area (Å²) in [5.41, 5.74) is 1.68. The number of nitriles is 1. The van der Waals surface area contributed by atoms with Crippen LogP contribution in [0, 0.1) is 24.2 Å². The third kappa shape index (κ3) is 2.76. The summed E-state index contributed by atoms with van der Waals surface area (Å²) >= 11 is 0. The Morgan fingerprint density at radius 1 is 1.35 bits per heavy atom. The number of hydrogen-bond acceptors (Lipinski definition) is 3. The van der Waals surface area contributed by atoms with Gasteiger partial charge < -0.3 is 5.32 Å². The van der Waals surface area contributed by atoms with Crippen molar-refractivity contribution in [2.75, 3.05) is 5.32 Å². The van der Waals surface area contributed by atoms with Crippen LogP contribution in [0.2, 0.25) is 0 Å². The Labute approximate surface area is 103 Å². The molecule has 1 aliphatic rings. The molecule has 3 nitrogen and oxygen atoms in total. The number of rotatable bonds is 2. The van der Waals surface area contributed by atoms with Crippen LogP contribution >= 0.6 is 0 Å². The standard InChI is InChI=1S/C14H19N3/c1-10-3-5-12(6-4-10)17-14-13(9-15)11(2)7-8-16-14/h7-8,10,12H,3-6H2,1-2H3,(H,16,17).